The molecule has 3 aromatic rings. The predicted molar refractivity (Wildman–Crippen MR) is 158 cm³/mol. The average Bonchev–Trinajstić information content (AvgIpc) is 2.90. The average molecular weight is 634 g/mol. The summed E-state index contributed by atoms with van der Waals surface area (Å²) in [5.41, 5.74) is -1.47. The molecule has 236 valence electrons. The second kappa shape index (κ2) is 12.9. The van der Waals surface area contributed by atoms with Crippen LogP contribution in [0.15, 0.2) is 48.8 Å². The van der Waals surface area contributed by atoms with E-state index in [0.717, 1.165) is 36.6 Å². The summed E-state index contributed by atoms with van der Waals surface area (Å²) in [6.45, 7) is 6.98. The standard InChI is InChI=1S/C30H34F3N5O5S/c1-16-13-17(14-23(26(16)38-44(5,41)42)37-29(40)43-30(2,3)4)18-11-12-34-15-24(18)36-28(39)22-10-9-21(33)27(35-22)25-19(31)7-6-8-20(25)32/h6-12,15-17,23,26,38H,13-14H2,1-5H3,(H,36,39)(H,37,40)/t16-,17+,23+,26-/m1/s1. The highest BCUT2D eigenvalue weighted by Crippen LogP contribution is 2.39. The quantitative estimate of drug-likeness (QED) is 0.328. The Kier molecular flexibility index (Phi) is 9.64. The van der Waals surface area contributed by atoms with Crippen LogP contribution in [-0.4, -0.2) is 54.3 Å². The Morgan fingerprint density at radius 3 is 2.32 bits per heavy atom. The zero-order chi connectivity index (χ0) is 32.4. The summed E-state index contributed by atoms with van der Waals surface area (Å²) in [6, 6.07) is 5.44. The summed E-state index contributed by atoms with van der Waals surface area (Å²) in [5, 5.41) is 5.51. The van der Waals surface area contributed by atoms with Gasteiger partial charge in [0.1, 0.15) is 34.4 Å². The highest BCUT2D eigenvalue weighted by Gasteiger charge is 2.40. The van der Waals surface area contributed by atoms with Crippen molar-refractivity contribution in [3.8, 4) is 11.3 Å². The first-order chi connectivity index (χ1) is 20.5. The molecular weight excluding hydrogens is 599 g/mol. The van der Waals surface area contributed by atoms with Gasteiger partial charge in [-0.2, -0.15) is 0 Å². The van der Waals surface area contributed by atoms with Crippen molar-refractivity contribution in [2.24, 2.45) is 5.92 Å². The molecule has 44 heavy (non-hydrogen) atoms. The fourth-order valence-electron chi connectivity index (χ4n) is 5.37. The van der Waals surface area contributed by atoms with Crippen LogP contribution in [0.1, 0.15) is 62.5 Å². The summed E-state index contributed by atoms with van der Waals surface area (Å²) in [4.78, 5) is 34.0. The molecule has 1 aromatic carbocycles. The SMILES string of the molecule is C[C@@H]1C[C@H](c2ccncc2NC(=O)c2ccc(F)c(-c3c(F)cccc3F)n2)C[C@H](NC(=O)OC(C)(C)C)[C@@H]1NS(C)(=O)=O. The van der Waals surface area contributed by atoms with E-state index in [1.54, 1.807) is 26.8 Å². The zero-order valence-corrected chi connectivity index (χ0v) is 25.6. The smallest absolute Gasteiger partial charge is 0.407 e. The van der Waals surface area contributed by atoms with Gasteiger partial charge in [0, 0.05) is 18.3 Å². The number of aromatic nitrogens is 2. The summed E-state index contributed by atoms with van der Waals surface area (Å²) in [7, 11) is -3.62. The van der Waals surface area contributed by atoms with Gasteiger partial charge in [0.2, 0.25) is 10.0 Å². The van der Waals surface area contributed by atoms with Crippen molar-refractivity contribution in [3.63, 3.8) is 0 Å². The number of pyridine rings is 2. The molecule has 10 nitrogen and oxygen atoms in total. The van der Waals surface area contributed by atoms with E-state index in [1.807, 2.05) is 6.92 Å². The van der Waals surface area contributed by atoms with E-state index in [-0.39, 0.29) is 24.0 Å². The van der Waals surface area contributed by atoms with Gasteiger partial charge in [0.15, 0.2) is 0 Å². The van der Waals surface area contributed by atoms with Gasteiger partial charge in [-0.05, 0) is 81.3 Å². The first-order valence-electron chi connectivity index (χ1n) is 13.9. The number of nitrogens with zero attached hydrogens (tertiary/aromatic N) is 2. The zero-order valence-electron chi connectivity index (χ0n) is 24.8. The van der Waals surface area contributed by atoms with Gasteiger partial charge in [-0.3, -0.25) is 9.78 Å². The maximum atomic E-state index is 14.6. The molecule has 4 atom stereocenters. The van der Waals surface area contributed by atoms with E-state index in [9.17, 15) is 31.2 Å². The second-order valence-electron chi connectivity index (χ2n) is 11.9. The molecule has 2 aromatic heterocycles. The monoisotopic (exact) mass is 633 g/mol. The van der Waals surface area contributed by atoms with E-state index in [2.05, 4.69) is 25.3 Å². The topological polar surface area (TPSA) is 139 Å². The molecule has 1 aliphatic carbocycles. The van der Waals surface area contributed by atoms with Crippen LogP contribution < -0.4 is 15.4 Å². The number of carbonyl (C=O) groups is 2. The van der Waals surface area contributed by atoms with Crippen molar-refractivity contribution < 1.29 is 35.9 Å². The van der Waals surface area contributed by atoms with Crippen LogP contribution in [0, 0.1) is 23.4 Å². The molecule has 14 heteroatoms. The van der Waals surface area contributed by atoms with E-state index < -0.39 is 68.4 Å². The summed E-state index contributed by atoms with van der Waals surface area (Å²) < 4.78 is 75.7. The fourth-order valence-corrected chi connectivity index (χ4v) is 6.26. The fraction of sp³-hybridized carbons (Fsp3) is 0.400. The minimum absolute atomic E-state index is 0.253. The van der Waals surface area contributed by atoms with Crippen LogP contribution in [0.3, 0.4) is 0 Å². The molecule has 0 spiro atoms. The van der Waals surface area contributed by atoms with Gasteiger partial charge in [0.25, 0.3) is 5.91 Å². The van der Waals surface area contributed by atoms with Crippen molar-refractivity contribution in [2.45, 2.75) is 64.1 Å². The Morgan fingerprint density at radius 2 is 1.68 bits per heavy atom. The molecular formula is C30H34F3N5O5S. The number of alkyl carbamates (subject to hydrolysis) is 1. The number of hydrogen-bond acceptors (Lipinski definition) is 7. The predicted octanol–water partition coefficient (Wildman–Crippen LogP) is 5.14. The van der Waals surface area contributed by atoms with Crippen LogP contribution >= 0.6 is 0 Å². The van der Waals surface area contributed by atoms with Crippen molar-refractivity contribution in [2.75, 3.05) is 11.6 Å². The normalized spacial score (nSPS) is 20.5. The minimum atomic E-state index is -3.62. The molecule has 1 saturated carbocycles. The van der Waals surface area contributed by atoms with Gasteiger partial charge in [0.05, 0.1) is 23.7 Å². The summed E-state index contributed by atoms with van der Waals surface area (Å²) in [5.74, 6) is -4.38. The van der Waals surface area contributed by atoms with Crippen LogP contribution in [0.5, 0.6) is 0 Å². The molecule has 0 bridgehead atoms. The van der Waals surface area contributed by atoms with Crippen LogP contribution in [0.4, 0.5) is 23.7 Å². The Morgan fingerprint density at radius 1 is 1.00 bits per heavy atom. The second-order valence-corrected chi connectivity index (χ2v) is 13.6. The maximum absolute atomic E-state index is 14.6. The molecule has 1 fully saturated rings. The van der Waals surface area contributed by atoms with E-state index in [4.69, 9.17) is 4.74 Å². The number of amides is 2. The Bertz CT molecular complexity index is 1640. The Hall–Kier alpha value is -4.04. The lowest BCUT2D eigenvalue weighted by molar-refractivity contribution is 0.0466. The van der Waals surface area contributed by atoms with Crippen LogP contribution in [0.25, 0.3) is 11.3 Å². The van der Waals surface area contributed by atoms with Gasteiger partial charge >= 0.3 is 6.09 Å². The maximum Gasteiger partial charge on any atom is 0.407 e. The van der Waals surface area contributed by atoms with Crippen LogP contribution in [0.2, 0.25) is 0 Å². The lowest BCUT2D eigenvalue weighted by atomic mass is 9.73. The lowest BCUT2D eigenvalue weighted by Gasteiger charge is -2.41. The van der Waals surface area contributed by atoms with Gasteiger partial charge in [-0.1, -0.05) is 13.0 Å². The molecule has 3 N–H and O–H groups in total. The lowest BCUT2D eigenvalue weighted by Crippen LogP contribution is -2.57. The molecule has 0 saturated heterocycles. The third kappa shape index (κ3) is 8.11. The molecule has 0 unspecified atom stereocenters. The van der Waals surface area contributed by atoms with Crippen molar-refractivity contribution >= 4 is 27.7 Å². The van der Waals surface area contributed by atoms with Gasteiger partial charge in [-0.25, -0.2) is 36.1 Å². The van der Waals surface area contributed by atoms with Gasteiger partial charge in [-0.15, -0.1) is 0 Å². The number of carbonyl (C=O) groups excluding carboxylic acids is 2. The number of halogens is 3. The Labute approximate surface area is 253 Å². The first-order valence-corrected chi connectivity index (χ1v) is 15.7. The third-order valence-corrected chi connectivity index (χ3v) is 7.81. The number of rotatable bonds is 7. The number of sulfonamides is 1. The summed E-state index contributed by atoms with van der Waals surface area (Å²) >= 11 is 0. The minimum Gasteiger partial charge on any atom is -0.444 e. The number of anilines is 1. The van der Waals surface area contributed by atoms with Crippen molar-refractivity contribution in [1.29, 1.82) is 0 Å². The van der Waals surface area contributed by atoms with Crippen molar-refractivity contribution in [3.05, 3.63) is 77.5 Å². The molecule has 1 aliphatic rings. The van der Waals surface area contributed by atoms with Crippen LogP contribution in [-0.2, 0) is 14.8 Å². The van der Waals surface area contributed by atoms with E-state index >= 15 is 0 Å². The van der Waals surface area contributed by atoms with Gasteiger partial charge < -0.3 is 15.4 Å². The van der Waals surface area contributed by atoms with E-state index in [0.29, 0.717) is 17.7 Å². The number of hydrogen-bond donors (Lipinski definition) is 3. The highest BCUT2D eigenvalue weighted by molar-refractivity contribution is 7.88. The molecule has 2 amide bonds. The Balaban J connectivity index is 1.62. The first kappa shape index (κ1) is 32.9. The molecule has 0 radical (unpaired) electrons. The number of benzene rings is 1. The molecule has 2 heterocycles. The summed E-state index contributed by atoms with van der Waals surface area (Å²) in [6.07, 6.45) is 4.05. The number of ether oxygens (including phenoxy) is 1. The van der Waals surface area contributed by atoms with E-state index in [1.165, 1.54) is 12.4 Å². The highest BCUT2D eigenvalue weighted by atomic mass is 32.2. The third-order valence-electron chi connectivity index (χ3n) is 7.11. The van der Waals surface area contributed by atoms with Crippen molar-refractivity contribution in [1.82, 2.24) is 20.0 Å². The number of nitrogens with one attached hydrogen (secondary N) is 3. The molecule has 0 aliphatic heterocycles. The largest absolute Gasteiger partial charge is 0.444 e. The molecule has 4 rings (SSSR count).